The molecule has 0 aliphatic heterocycles. The number of rotatable bonds is 9. The Morgan fingerprint density at radius 1 is 0.247 bits per heavy atom. The van der Waals surface area contributed by atoms with Crippen molar-refractivity contribution in [3.63, 3.8) is 0 Å². The van der Waals surface area contributed by atoms with Crippen LogP contribution in [0.2, 0.25) is 0 Å². The Kier molecular flexibility index (Phi) is 10.4. The normalized spacial score (nSPS) is 11.6. The predicted octanol–water partition coefficient (Wildman–Crippen LogP) is 20.1. The van der Waals surface area contributed by atoms with Crippen LogP contribution in [-0.2, 0) is 0 Å². The van der Waals surface area contributed by atoms with Gasteiger partial charge in [0.05, 0.1) is 11.0 Å². The lowest BCUT2D eigenvalue weighted by Gasteiger charge is -2.26. The maximum absolute atomic E-state index is 2.38. The molecule has 342 valence electrons. The summed E-state index contributed by atoms with van der Waals surface area (Å²) in [5.41, 5.74) is 18.8. The van der Waals surface area contributed by atoms with E-state index in [0.717, 1.165) is 22.7 Å². The van der Waals surface area contributed by atoms with Gasteiger partial charge in [-0.3, -0.25) is 0 Å². The van der Waals surface area contributed by atoms with Gasteiger partial charge in [-0.1, -0.05) is 194 Å². The van der Waals surface area contributed by atoms with Gasteiger partial charge in [-0.15, -0.1) is 11.3 Å². The number of anilines is 3. The molecule has 0 fully saturated rings. The Labute approximate surface area is 428 Å². The first-order chi connectivity index (χ1) is 36.1. The molecule has 0 amide bonds. The van der Waals surface area contributed by atoms with E-state index in [-0.39, 0.29) is 0 Å². The molecule has 2 aromatic heterocycles. The van der Waals surface area contributed by atoms with Crippen LogP contribution in [-0.4, -0.2) is 4.57 Å². The van der Waals surface area contributed by atoms with Crippen LogP contribution in [0.4, 0.5) is 17.1 Å². The molecule has 0 unspecified atom stereocenters. The second-order valence-corrected chi connectivity index (χ2v) is 20.0. The fraction of sp³-hybridized carbons (Fsp3) is 0. The van der Waals surface area contributed by atoms with Crippen LogP contribution in [0.1, 0.15) is 0 Å². The molecule has 0 bridgehead atoms. The van der Waals surface area contributed by atoms with Gasteiger partial charge < -0.3 is 9.47 Å². The average molecular weight is 947 g/mol. The molecule has 0 spiro atoms. The molecule has 0 aliphatic rings. The van der Waals surface area contributed by atoms with Gasteiger partial charge in [0.2, 0.25) is 0 Å². The van der Waals surface area contributed by atoms with Crippen LogP contribution < -0.4 is 4.90 Å². The van der Waals surface area contributed by atoms with Gasteiger partial charge in [0.25, 0.3) is 0 Å². The van der Waals surface area contributed by atoms with Gasteiger partial charge in [-0.25, -0.2) is 0 Å². The fourth-order valence-electron chi connectivity index (χ4n) is 10.9. The number of hydrogen-bond donors (Lipinski definition) is 0. The summed E-state index contributed by atoms with van der Waals surface area (Å²) in [6.07, 6.45) is 0. The smallest absolute Gasteiger partial charge is 0.0541 e. The summed E-state index contributed by atoms with van der Waals surface area (Å²) in [5, 5.41) is 7.68. The van der Waals surface area contributed by atoms with Crippen LogP contribution >= 0.6 is 11.3 Å². The summed E-state index contributed by atoms with van der Waals surface area (Å²) in [6, 6.07) is 102. The third-order valence-corrected chi connectivity index (χ3v) is 15.7. The minimum absolute atomic E-state index is 1.09. The topological polar surface area (TPSA) is 8.17 Å². The molecular weight excluding hydrogens is 901 g/mol. The first-order valence-corrected chi connectivity index (χ1v) is 25.8. The monoisotopic (exact) mass is 946 g/mol. The van der Waals surface area contributed by atoms with E-state index in [2.05, 4.69) is 289 Å². The summed E-state index contributed by atoms with van der Waals surface area (Å²) >= 11 is 1.86. The predicted molar refractivity (Wildman–Crippen MR) is 313 cm³/mol. The van der Waals surface area contributed by atoms with Crippen molar-refractivity contribution < 1.29 is 0 Å². The van der Waals surface area contributed by atoms with E-state index in [1.165, 1.54) is 108 Å². The Bertz CT molecular complexity index is 4300. The van der Waals surface area contributed by atoms with E-state index in [9.17, 15) is 0 Å². The van der Waals surface area contributed by atoms with Crippen molar-refractivity contribution in [3.8, 4) is 61.3 Å². The molecule has 14 rings (SSSR count). The second-order valence-electron chi connectivity index (χ2n) is 18.9. The van der Waals surface area contributed by atoms with Gasteiger partial charge >= 0.3 is 0 Å². The minimum atomic E-state index is 1.09. The molecule has 2 heterocycles. The van der Waals surface area contributed by atoms with Crippen molar-refractivity contribution in [2.24, 2.45) is 0 Å². The van der Waals surface area contributed by atoms with Gasteiger partial charge in [0.15, 0.2) is 0 Å². The molecule has 14 aromatic rings. The molecule has 0 N–H and O–H groups in total. The molecular formula is C70H46N2S. The fourth-order valence-corrected chi connectivity index (χ4v) is 12.0. The Hall–Kier alpha value is -9.28. The van der Waals surface area contributed by atoms with Crippen molar-refractivity contribution >= 4 is 81.1 Å². The summed E-state index contributed by atoms with van der Waals surface area (Å²) in [5.74, 6) is 0. The van der Waals surface area contributed by atoms with E-state index in [1.54, 1.807) is 0 Å². The van der Waals surface area contributed by atoms with Gasteiger partial charge in [0, 0.05) is 53.7 Å². The number of fused-ring (bicyclic) bond motifs is 7. The van der Waals surface area contributed by atoms with Crippen molar-refractivity contribution in [2.75, 3.05) is 4.90 Å². The number of aromatic nitrogens is 1. The van der Waals surface area contributed by atoms with E-state index in [1.807, 2.05) is 11.3 Å². The zero-order chi connectivity index (χ0) is 48.2. The SMILES string of the molecule is c1cc(-c2ccc(N(c3ccc(-c4ccc(-c5cccc(-n6c7ccccc7c7ccccc76)c5)cc4)cc3)c3ccc(-c4ccc5c(c4)sc4ccccc45)cc3)cc2)cc(-c2ccc3ccccc3c2)c1. The van der Waals surface area contributed by atoms with Crippen molar-refractivity contribution in [1.82, 2.24) is 4.57 Å². The summed E-state index contributed by atoms with van der Waals surface area (Å²) in [7, 11) is 0. The molecule has 0 saturated heterocycles. The average Bonchev–Trinajstić information content (AvgIpc) is 4.01. The molecule has 12 aromatic carbocycles. The number of thiophene rings is 1. The number of nitrogens with zero attached hydrogens (tertiary/aromatic N) is 2. The third-order valence-electron chi connectivity index (χ3n) is 14.6. The molecule has 73 heavy (non-hydrogen) atoms. The maximum atomic E-state index is 2.38. The first-order valence-electron chi connectivity index (χ1n) is 25.0. The van der Waals surface area contributed by atoms with Gasteiger partial charge in [-0.05, 0) is 151 Å². The maximum Gasteiger partial charge on any atom is 0.0541 e. The van der Waals surface area contributed by atoms with Crippen LogP contribution in [0.3, 0.4) is 0 Å². The number of benzene rings is 12. The quantitative estimate of drug-likeness (QED) is 0.140. The van der Waals surface area contributed by atoms with Crippen molar-refractivity contribution in [2.45, 2.75) is 0 Å². The molecule has 3 heteroatoms. The zero-order valence-corrected chi connectivity index (χ0v) is 40.7. The van der Waals surface area contributed by atoms with Crippen molar-refractivity contribution in [1.29, 1.82) is 0 Å². The van der Waals surface area contributed by atoms with Crippen molar-refractivity contribution in [3.05, 3.63) is 279 Å². The second kappa shape index (κ2) is 17.8. The van der Waals surface area contributed by atoms with E-state index in [4.69, 9.17) is 0 Å². The van der Waals surface area contributed by atoms with Gasteiger partial charge in [0.1, 0.15) is 0 Å². The van der Waals surface area contributed by atoms with Gasteiger partial charge in [-0.2, -0.15) is 0 Å². The Morgan fingerprint density at radius 2 is 0.658 bits per heavy atom. The van der Waals surface area contributed by atoms with Crippen LogP contribution in [0.5, 0.6) is 0 Å². The first kappa shape index (κ1) is 42.6. The van der Waals surface area contributed by atoms with E-state index in [0.29, 0.717) is 0 Å². The summed E-state index contributed by atoms with van der Waals surface area (Å²) in [4.78, 5) is 2.37. The van der Waals surface area contributed by atoms with E-state index >= 15 is 0 Å². The van der Waals surface area contributed by atoms with E-state index < -0.39 is 0 Å². The minimum Gasteiger partial charge on any atom is -0.311 e. The highest BCUT2D eigenvalue weighted by molar-refractivity contribution is 7.25. The van der Waals surface area contributed by atoms with Crippen LogP contribution in [0.25, 0.3) is 114 Å². The highest BCUT2D eigenvalue weighted by Crippen LogP contribution is 2.41. The lowest BCUT2D eigenvalue weighted by atomic mass is 9.97. The van der Waals surface area contributed by atoms with Crippen LogP contribution in [0.15, 0.2) is 279 Å². The lowest BCUT2D eigenvalue weighted by molar-refractivity contribution is 1.18. The molecule has 0 aliphatic carbocycles. The number of hydrogen-bond acceptors (Lipinski definition) is 2. The standard InChI is InChI=1S/C70H46N2S/c1-2-12-53-44-57(28-27-47(53)11-1)55-14-9-13-54(43-55)51-31-38-60(39-32-51)71(61-40-33-52(34-41-61)58-35-42-66-65-19-5-8-22-69(65)73-70(66)46-58)59-36-29-49(30-37-59)48-23-25-50(26-24-48)56-15-10-16-62(45-56)72-67-20-6-3-17-63(67)64-18-4-7-21-68(64)72/h1-46H. The summed E-state index contributed by atoms with van der Waals surface area (Å²) < 4.78 is 5.02. The Balaban J connectivity index is 0.778. The van der Waals surface area contributed by atoms with Crippen LogP contribution in [0, 0.1) is 0 Å². The largest absolute Gasteiger partial charge is 0.311 e. The lowest BCUT2D eigenvalue weighted by Crippen LogP contribution is -2.09. The molecule has 2 nitrogen and oxygen atoms in total. The third kappa shape index (κ3) is 7.75. The number of para-hydroxylation sites is 2. The molecule has 0 atom stereocenters. The zero-order valence-electron chi connectivity index (χ0n) is 39.9. The highest BCUT2D eigenvalue weighted by Gasteiger charge is 2.16. The summed E-state index contributed by atoms with van der Waals surface area (Å²) in [6.45, 7) is 0. The highest BCUT2D eigenvalue weighted by atomic mass is 32.1. The Morgan fingerprint density at radius 3 is 1.27 bits per heavy atom. The molecule has 0 radical (unpaired) electrons. The molecule has 0 saturated carbocycles.